The molecule has 0 saturated heterocycles. The highest BCUT2D eigenvalue weighted by Gasteiger charge is 2.09. The third-order valence-corrected chi connectivity index (χ3v) is 2.95. The van der Waals surface area contributed by atoms with Crippen LogP contribution < -0.4 is 11.5 Å². The minimum absolute atomic E-state index is 0.531. The molecule has 3 rings (SSSR count). The van der Waals surface area contributed by atoms with Gasteiger partial charge < -0.3 is 11.5 Å². The molecule has 0 radical (unpaired) electrons. The van der Waals surface area contributed by atoms with E-state index in [1.807, 2.05) is 26.1 Å². The molecule has 4 N–H and O–H groups in total. The third-order valence-electron chi connectivity index (χ3n) is 2.95. The minimum atomic E-state index is 0.531. The molecule has 3 aromatic heterocycles. The average Bonchev–Trinajstić information content (AvgIpc) is 2.91. The van der Waals surface area contributed by atoms with Gasteiger partial charge in [-0.2, -0.15) is 9.78 Å². The summed E-state index contributed by atoms with van der Waals surface area (Å²) in [4.78, 5) is 8.44. The van der Waals surface area contributed by atoms with Crippen LogP contribution in [0.25, 0.3) is 11.6 Å². The Kier molecular flexibility index (Phi) is 2.67. The second-order valence-corrected chi connectivity index (χ2v) is 4.67. The van der Waals surface area contributed by atoms with E-state index in [-0.39, 0.29) is 0 Å². The average molecular weight is 269 g/mol. The van der Waals surface area contributed by atoms with E-state index in [0.29, 0.717) is 23.3 Å². The van der Waals surface area contributed by atoms with E-state index < -0.39 is 0 Å². The number of nitrogens with zero attached hydrogens (tertiary/aromatic N) is 5. The van der Waals surface area contributed by atoms with Crippen LogP contribution in [0.5, 0.6) is 0 Å². The first kappa shape index (κ1) is 12.2. The predicted molar refractivity (Wildman–Crippen MR) is 76.8 cm³/mol. The van der Waals surface area contributed by atoms with Crippen molar-refractivity contribution in [3.63, 3.8) is 0 Å². The summed E-state index contributed by atoms with van der Waals surface area (Å²) in [6, 6.07) is 5.46. The van der Waals surface area contributed by atoms with Gasteiger partial charge in [-0.3, -0.25) is 4.57 Å². The number of anilines is 2. The molecular formula is C13H15N7. The van der Waals surface area contributed by atoms with Crippen molar-refractivity contribution in [2.45, 2.75) is 13.8 Å². The molecule has 0 fully saturated rings. The monoisotopic (exact) mass is 269 g/mol. The van der Waals surface area contributed by atoms with E-state index in [4.69, 9.17) is 11.5 Å². The molecule has 3 heterocycles. The smallest absolute Gasteiger partial charge is 0.161 e. The maximum Gasteiger partial charge on any atom is 0.161 e. The molecule has 3 aromatic rings. The van der Waals surface area contributed by atoms with Crippen molar-refractivity contribution in [1.82, 2.24) is 24.3 Å². The van der Waals surface area contributed by atoms with E-state index in [2.05, 4.69) is 15.1 Å². The second kappa shape index (κ2) is 4.37. The normalized spacial score (nSPS) is 10.9. The molecule has 0 spiro atoms. The first-order valence-electron chi connectivity index (χ1n) is 6.14. The van der Waals surface area contributed by atoms with Gasteiger partial charge in [-0.25, -0.2) is 9.97 Å². The maximum absolute atomic E-state index is 5.95. The molecule has 0 amide bonds. The van der Waals surface area contributed by atoms with Crippen molar-refractivity contribution in [2.24, 2.45) is 0 Å². The van der Waals surface area contributed by atoms with Gasteiger partial charge in [0.15, 0.2) is 5.82 Å². The lowest BCUT2D eigenvalue weighted by molar-refractivity contribution is 0.827. The number of aromatic nitrogens is 5. The Labute approximate surface area is 115 Å². The molecular weight excluding hydrogens is 254 g/mol. The molecule has 0 aliphatic heterocycles. The molecule has 0 bridgehead atoms. The van der Waals surface area contributed by atoms with Crippen molar-refractivity contribution in [2.75, 3.05) is 11.5 Å². The Hall–Kier alpha value is -2.83. The van der Waals surface area contributed by atoms with Crippen LogP contribution in [0.15, 0.2) is 30.7 Å². The second-order valence-electron chi connectivity index (χ2n) is 4.67. The summed E-state index contributed by atoms with van der Waals surface area (Å²) >= 11 is 0. The van der Waals surface area contributed by atoms with E-state index in [0.717, 1.165) is 11.3 Å². The van der Waals surface area contributed by atoms with E-state index >= 15 is 0 Å². The Morgan fingerprint density at radius 2 is 1.70 bits per heavy atom. The van der Waals surface area contributed by atoms with Gasteiger partial charge in [0.2, 0.25) is 0 Å². The van der Waals surface area contributed by atoms with Crippen LogP contribution in [0.4, 0.5) is 11.6 Å². The van der Waals surface area contributed by atoms with E-state index in [1.54, 1.807) is 21.4 Å². The lowest BCUT2D eigenvalue weighted by Gasteiger charge is -2.07. The molecule has 0 aromatic carbocycles. The summed E-state index contributed by atoms with van der Waals surface area (Å²) in [7, 11) is 0. The molecule has 7 nitrogen and oxygen atoms in total. The molecule has 20 heavy (non-hydrogen) atoms. The van der Waals surface area contributed by atoms with Gasteiger partial charge in [0.05, 0.1) is 5.69 Å². The fourth-order valence-electron chi connectivity index (χ4n) is 2.10. The first-order valence-corrected chi connectivity index (χ1v) is 6.14. The molecule has 0 unspecified atom stereocenters. The molecule has 102 valence electrons. The van der Waals surface area contributed by atoms with Crippen molar-refractivity contribution in [3.05, 3.63) is 42.0 Å². The van der Waals surface area contributed by atoms with Crippen LogP contribution in [0.1, 0.15) is 11.3 Å². The largest absolute Gasteiger partial charge is 0.385 e. The van der Waals surface area contributed by atoms with Gasteiger partial charge in [0.25, 0.3) is 0 Å². The summed E-state index contributed by atoms with van der Waals surface area (Å²) in [5.74, 6) is 2.43. The standard InChI is InChI=1S/C13H15N7/c1-8-3-10(14)19(6-8)12-5-13(17-7-16-12)20-11(15)4-9(2)18-20/h3-7H,14-15H2,1-2H3. The molecule has 0 aliphatic rings. The van der Waals surface area contributed by atoms with Gasteiger partial charge in [0.1, 0.15) is 23.8 Å². The zero-order valence-corrected chi connectivity index (χ0v) is 11.3. The fraction of sp³-hybridized carbons (Fsp3) is 0.154. The van der Waals surface area contributed by atoms with E-state index in [9.17, 15) is 0 Å². The highest BCUT2D eigenvalue weighted by atomic mass is 15.3. The van der Waals surface area contributed by atoms with Crippen LogP contribution in [-0.4, -0.2) is 24.3 Å². The molecule has 0 atom stereocenters. The number of aryl methyl sites for hydroxylation is 2. The minimum Gasteiger partial charge on any atom is -0.385 e. The summed E-state index contributed by atoms with van der Waals surface area (Å²) in [5.41, 5.74) is 13.8. The van der Waals surface area contributed by atoms with Gasteiger partial charge in [0, 0.05) is 18.3 Å². The first-order chi connectivity index (χ1) is 9.54. The van der Waals surface area contributed by atoms with Crippen LogP contribution >= 0.6 is 0 Å². The van der Waals surface area contributed by atoms with Crippen molar-refractivity contribution >= 4 is 11.6 Å². The van der Waals surface area contributed by atoms with Crippen LogP contribution in [-0.2, 0) is 0 Å². The summed E-state index contributed by atoms with van der Waals surface area (Å²) in [6.07, 6.45) is 3.38. The SMILES string of the molecule is Cc1cc(N)n(-c2cc(-n3nc(C)cc3N)ncn2)c1. The number of hydrogen-bond acceptors (Lipinski definition) is 5. The number of rotatable bonds is 2. The quantitative estimate of drug-likeness (QED) is 0.728. The zero-order valence-electron chi connectivity index (χ0n) is 11.3. The summed E-state index contributed by atoms with van der Waals surface area (Å²) < 4.78 is 3.38. The van der Waals surface area contributed by atoms with Gasteiger partial charge in [-0.1, -0.05) is 0 Å². The molecule has 0 aliphatic carbocycles. The zero-order chi connectivity index (χ0) is 14.3. The Balaban J connectivity index is 2.10. The maximum atomic E-state index is 5.95. The molecule has 7 heteroatoms. The Bertz CT molecular complexity index is 707. The van der Waals surface area contributed by atoms with E-state index in [1.165, 1.54) is 6.33 Å². The third kappa shape index (κ3) is 1.99. The van der Waals surface area contributed by atoms with Crippen molar-refractivity contribution < 1.29 is 0 Å². The van der Waals surface area contributed by atoms with Crippen LogP contribution in [0.3, 0.4) is 0 Å². The highest BCUT2D eigenvalue weighted by Crippen LogP contribution is 2.18. The van der Waals surface area contributed by atoms with Gasteiger partial charge >= 0.3 is 0 Å². The lowest BCUT2D eigenvalue weighted by atomic mass is 10.4. The van der Waals surface area contributed by atoms with Crippen molar-refractivity contribution in [3.8, 4) is 11.6 Å². The summed E-state index contributed by atoms with van der Waals surface area (Å²) in [6.45, 7) is 3.85. The van der Waals surface area contributed by atoms with Crippen LogP contribution in [0, 0.1) is 13.8 Å². The van der Waals surface area contributed by atoms with Gasteiger partial charge in [-0.05, 0) is 25.5 Å². The number of hydrogen-bond donors (Lipinski definition) is 2. The lowest BCUT2D eigenvalue weighted by Crippen LogP contribution is -2.07. The Morgan fingerprint density at radius 1 is 0.950 bits per heavy atom. The fourth-order valence-corrected chi connectivity index (χ4v) is 2.10. The Morgan fingerprint density at radius 3 is 2.30 bits per heavy atom. The summed E-state index contributed by atoms with van der Waals surface area (Å²) in [5, 5.41) is 4.30. The predicted octanol–water partition coefficient (Wildman–Crippen LogP) is 1.23. The van der Waals surface area contributed by atoms with Gasteiger partial charge in [-0.15, -0.1) is 0 Å². The topological polar surface area (TPSA) is 101 Å². The molecule has 0 saturated carbocycles. The van der Waals surface area contributed by atoms with Crippen LogP contribution in [0.2, 0.25) is 0 Å². The highest BCUT2D eigenvalue weighted by molar-refractivity contribution is 5.46. The number of nitrogen functional groups attached to an aromatic ring is 2. The number of nitrogens with two attached hydrogens (primary N) is 2. The van der Waals surface area contributed by atoms with Crippen molar-refractivity contribution in [1.29, 1.82) is 0 Å².